The Morgan fingerprint density at radius 2 is 2.11 bits per heavy atom. The summed E-state index contributed by atoms with van der Waals surface area (Å²) in [5.41, 5.74) is 2.23. The highest BCUT2D eigenvalue weighted by Gasteiger charge is 2.32. The van der Waals surface area contributed by atoms with Gasteiger partial charge in [-0.25, -0.2) is 4.98 Å². The third-order valence-corrected chi connectivity index (χ3v) is 4.00. The fraction of sp³-hybridized carbons (Fsp3) is 0.600. The van der Waals surface area contributed by atoms with Crippen LogP contribution in [-0.2, 0) is 5.54 Å². The van der Waals surface area contributed by atoms with Gasteiger partial charge in [-0.1, -0.05) is 6.92 Å². The van der Waals surface area contributed by atoms with Gasteiger partial charge in [-0.3, -0.25) is 4.98 Å². The molecule has 1 aliphatic rings. The molecule has 1 N–H and O–H groups in total. The normalized spacial score (nSPS) is 24.2. The van der Waals surface area contributed by atoms with E-state index in [4.69, 9.17) is 4.98 Å². The zero-order chi connectivity index (χ0) is 13.6. The minimum absolute atomic E-state index is 0.0355. The van der Waals surface area contributed by atoms with E-state index in [2.05, 4.69) is 48.6 Å². The minimum Gasteiger partial charge on any atom is -0.322 e. The van der Waals surface area contributed by atoms with Gasteiger partial charge in [0, 0.05) is 24.2 Å². The average Bonchev–Trinajstić information content (AvgIpc) is 2.90. The van der Waals surface area contributed by atoms with Gasteiger partial charge in [0.05, 0.1) is 11.7 Å². The number of rotatable bonds is 1. The summed E-state index contributed by atoms with van der Waals surface area (Å²) in [5, 5.41) is 3.47. The van der Waals surface area contributed by atoms with Crippen LogP contribution in [0.25, 0.3) is 11.0 Å². The molecular formula is C15H22N4. The van der Waals surface area contributed by atoms with Gasteiger partial charge >= 0.3 is 0 Å². The van der Waals surface area contributed by atoms with Gasteiger partial charge in [0.1, 0.15) is 11.3 Å². The van der Waals surface area contributed by atoms with Crippen molar-refractivity contribution in [1.29, 1.82) is 0 Å². The van der Waals surface area contributed by atoms with Crippen LogP contribution in [-0.4, -0.2) is 27.6 Å². The van der Waals surface area contributed by atoms with E-state index in [9.17, 15) is 0 Å². The van der Waals surface area contributed by atoms with E-state index in [1.165, 1.54) is 11.3 Å². The molecule has 3 heterocycles. The molecule has 4 nitrogen and oxygen atoms in total. The van der Waals surface area contributed by atoms with Crippen LogP contribution < -0.4 is 5.32 Å². The Kier molecular flexibility index (Phi) is 2.86. The molecule has 19 heavy (non-hydrogen) atoms. The zero-order valence-corrected chi connectivity index (χ0v) is 12.1. The van der Waals surface area contributed by atoms with E-state index in [0.717, 1.165) is 18.6 Å². The number of aromatic nitrogens is 3. The summed E-state index contributed by atoms with van der Waals surface area (Å²) >= 11 is 0. The molecule has 0 aromatic carbocycles. The van der Waals surface area contributed by atoms with Crippen LogP contribution in [0.5, 0.6) is 0 Å². The van der Waals surface area contributed by atoms with Crippen LogP contribution >= 0.6 is 0 Å². The topological polar surface area (TPSA) is 42.7 Å². The first-order valence-electron chi connectivity index (χ1n) is 7.02. The molecule has 1 fully saturated rings. The first-order chi connectivity index (χ1) is 8.98. The van der Waals surface area contributed by atoms with E-state index in [1.807, 2.05) is 12.4 Å². The first kappa shape index (κ1) is 12.6. The molecule has 2 aromatic heterocycles. The third kappa shape index (κ3) is 2.04. The maximum atomic E-state index is 4.87. The van der Waals surface area contributed by atoms with Crippen molar-refractivity contribution in [2.75, 3.05) is 13.1 Å². The Morgan fingerprint density at radius 1 is 1.32 bits per heavy atom. The van der Waals surface area contributed by atoms with Crippen molar-refractivity contribution in [1.82, 2.24) is 19.9 Å². The Hall–Kier alpha value is -1.42. The molecule has 4 heteroatoms. The van der Waals surface area contributed by atoms with Gasteiger partial charge < -0.3 is 9.88 Å². The molecule has 0 amide bonds. The average molecular weight is 258 g/mol. The van der Waals surface area contributed by atoms with Crippen LogP contribution in [0.3, 0.4) is 0 Å². The van der Waals surface area contributed by atoms with Crippen molar-refractivity contribution in [3.63, 3.8) is 0 Å². The summed E-state index contributed by atoms with van der Waals surface area (Å²) in [7, 11) is 0. The fourth-order valence-electron chi connectivity index (χ4n) is 3.06. The lowest BCUT2D eigenvalue weighted by Crippen LogP contribution is -2.27. The summed E-state index contributed by atoms with van der Waals surface area (Å²) in [6, 6.07) is 2.07. The molecule has 0 radical (unpaired) electrons. The van der Waals surface area contributed by atoms with Crippen LogP contribution in [0.1, 0.15) is 39.4 Å². The number of hydrogen-bond donors (Lipinski definition) is 1. The number of nitrogens with zero attached hydrogens (tertiary/aromatic N) is 3. The summed E-state index contributed by atoms with van der Waals surface area (Å²) in [5.74, 6) is 2.32. The SMILES string of the molecule is C[C@@H]1CNC[C@H]1c1nc2cnccc2n1C(C)(C)C. The molecule has 0 saturated carbocycles. The summed E-state index contributed by atoms with van der Waals surface area (Å²) < 4.78 is 2.39. The highest BCUT2D eigenvalue weighted by molar-refractivity contribution is 5.75. The molecule has 0 bridgehead atoms. The van der Waals surface area contributed by atoms with Gasteiger partial charge in [-0.05, 0) is 39.3 Å². The minimum atomic E-state index is 0.0355. The molecule has 1 aliphatic heterocycles. The Labute approximate surface area is 114 Å². The number of hydrogen-bond acceptors (Lipinski definition) is 3. The zero-order valence-electron chi connectivity index (χ0n) is 12.1. The largest absolute Gasteiger partial charge is 0.322 e. The molecule has 0 spiro atoms. The molecular weight excluding hydrogens is 236 g/mol. The third-order valence-electron chi connectivity index (χ3n) is 4.00. The standard InChI is InChI=1S/C15H22N4/c1-10-7-17-8-11(10)14-18-12-9-16-6-5-13(12)19(14)15(2,3)4/h5-6,9-11,17H,7-8H2,1-4H3/t10-,11-/m1/s1. The predicted octanol–water partition coefficient (Wildman–Crippen LogP) is 2.51. The fourth-order valence-corrected chi connectivity index (χ4v) is 3.06. The van der Waals surface area contributed by atoms with Crippen molar-refractivity contribution in [2.45, 2.75) is 39.2 Å². The van der Waals surface area contributed by atoms with E-state index >= 15 is 0 Å². The molecule has 102 valence electrons. The second kappa shape index (κ2) is 4.30. The molecule has 0 aliphatic carbocycles. The molecule has 0 unspecified atom stereocenters. The summed E-state index contributed by atoms with van der Waals surface area (Å²) in [4.78, 5) is 9.08. The van der Waals surface area contributed by atoms with Gasteiger partial charge in [0.2, 0.25) is 0 Å². The number of imidazole rings is 1. The van der Waals surface area contributed by atoms with Crippen LogP contribution in [0.15, 0.2) is 18.5 Å². The highest BCUT2D eigenvalue weighted by Crippen LogP contribution is 2.33. The lowest BCUT2D eigenvalue weighted by atomic mass is 9.96. The molecule has 1 saturated heterocycles. The number of pyridine rings is 1. The first-order valence-corrected chi connectivity index (χ1v) is 7.02. The Balaban J connectivity index is 2.23. The van der Waals surface area contributed by atoms with Gasteiger partial charge in [0.25, 0.3) is 0 Å². The van der Waals surface area contributed by atoms with E-state index in [-0.39, 0.29) is 5.54 Å². The van der Waals surface area contributed by atoms with Gasteiger partial charge in [-0.15, -0.1) is 0 Å². The van der Waals surface area contributed by atoms with E-state index in [1.54, 1.807) is 0 Å². The van der Waals surface area contributed by atoms with E-state index < -0.39 is 0 Å². The quantitative estimate of drug-likeness (QED) is 0.854. The van der Waals surface area contributed by atoms with Crippen LogP contribution in [0, 0.1) is 5.92 Å². The number of nitrogens with one attached hydrogen (secondary N) is 1. The van der Waals surface area contributed by atoms with Crippen LogP contribution in [0.4, 0.5) is 0 Å². The molecule has 3 rings (SSSR count). The van der Waals surface area contributed by atoms with Crippen molar-refractivity contribution >= 4 is 11.0 Å². The lowest BCUT2D eigenvalue weighted by molar-refractivity contribution is 0.374. The van der Waals surface area contributed by atoms with Crippen molar-refractivity contribution < 1.29 is 0 Å². The highest BCUT2D eigenvalue weighted by atomic mass is 15.2. The second-order valence-electron chi connectivity index (χ2n) is 6.58. The van der Waals surface area contributed by atoms with Gasteiger partial charge in [-0.2, -0.15) is 0 Å². The monoisotopic (exact) mass is 258 g/mol. The van der Waals surface area contributed by atoms with Crippen molar-refractivity contribution in [3.05, 3.63) is 24.3 Å². The summed E-state index contributed by atoms with van der Waals surface area (Å²) in [6.45, 7) is 11.1. The molecule has 2 atom stereocenters. The predicted molar refractivity (Wildman–Crippen MR) is 77.3 cm³/mol. The Bertz CT molecular complexity index is 594. The van der Waals surface area contributed by atoms with Crippen molar-refractivity contribution in [3.8, 4) is 0 Å². The van der Waals surface area contributed by atoms with E-state index in [0.29, 0.717) is 11.8 Å². The maximum absolute atomic E-state index is 4.87. The second-order valence-corrected chi connectivity index (χ2v) is 6.58. The van der Waals surface area contributed by atoms with Gasteiger partial charge in [0.15, 0.2) is 0 Å². The maximum Gasteiger partial charge on any atom is 0.115 e. The summed E-state index contributed by atoms with van der Waals surface area (Å²) in [6.07, 6.45) is 3.72. The lowest BCUT2D eigenvalue weighted by Gasteiger charge is -2.27. The Morgan fingerprint density at radius 3 is 2.74 bits per heavy atom. The van der Waals surface area contributed by atoms with Crippen LogP contribution in [0.2, 0.25) is 0 Å². The number of fused-ring (bicyclic) bond motifs is 1. The van der Waals surface area contributed by atoms with Crippen molar-refractivity contribution in [2.24, 2.45) is 5.92 Å². The smallest absolute Gasteiger partial charge is 0.115 e. The molecule has 2 aromatic rings.